The van der Waals surface area contributed by atoms with Crippen LogP contribution in [-0.4, -0.2) is 22.9 Å². The normalized spacial score (nSPS) is 23.3. The number of rotatable bonds is 2. The molecule has 0 aromatic heterocycles. The van der Waals surface area contributed by atoms with Crippen molar-refractivity contribution >= 4 is 23.0 Å². The standard InChI is InChI=1S/C17H13N3O/c1-12-17(15(18-17)13-8-4-2-5-9-13)16(21)20(19-12)14-10-6-3-7-11-14/h2-11H,1H3. The van der Waals surface area contributed by atoms with Crippen molar-refractivity contribution in [1.82, 2.24) is 0 Å². The molecule has 0 aliphatic carbocycles. The van der Waals surface area contributed by atoms with Crippen LogP contribution in [0.4, 0.5) is 5.69 Å². The minimum absolute atomic E-state index is 0.0925. The highest BCUT2D eigenvalue weighted by atomic mass is 16.2. The van der Waals surface area contributed by atoms with Crippen molar-refractivity contribution in [1.29, 1.82) is 0 Å². The molecule has 0 N–H and O–H groups in total. The summed E-state index contributed by atoms with van der Waals surface area (Å²) in [5, 5.41) is 5.87. The summed E-state index contributed by atoms with van der Waals surface area (Å²) < 4.78 is 0. The fourth-order valence-electron chi connectivity index (χ4n) is 2.73. The number of hydrogen-bond donors (Lipinski definition) is 0. The van der Waals surface area contributed by atoms with Gasteiger partial charge in [0.1, 0.15) is 0 Å². The van der Waals surface area contributed by atoms with Crippen molar-refractivity contribution < 1.29 is 4.79 Å². The van der Waals surface area contributed by atoms with Gasteiger partial charge in [0.15, 0.2) is 0 Å². The van der Waals surface area contributed by atoms with Crippen LogP contribution in [0.2, 0.25) is 0 Å². The highest BCUT2D eigenvalue weighted by Gasteiger charge is 2.62. The van der Waals surface area contributed by atoms with Crippen LogP contribution in [0, 0.1) is 0 Å². The number of carbonyl (C=O) groups excluding carboxylic acids is 1. The molecule has 0 fully saturated rings. The maximum absolute atomic E-state index is 12.8. The van der Waals surface area contributed by atoms with Crippen LogP contribution in [0.1, 0.15) is 12.5 Å². The summed E-state index contributed by atoms with van der Waals surface area (Å²) in [5.41, 5.74) is 2.43. The van der Waals surface area contributed by atoms with Gasteiger partial charge in [-0.25, -0.2) is 0 Å². The predicted octanol–water partition coefficient (Wildman–Crippen LogP) is 2.65. The lowest BCUT2D eigenvalue weighted by atomic mass is 9.94. The van der Waals surface area contributed by atoms with Crippen LogP contribution in [0.5, 0.6) is 0 Å². The summed E-state index contributed by atoms with van der Waals surface area (Å²) in [6, 6.07) is 19.2. The van der Waals surface area contributed by atoms with E-state index in [-0.39, 0.29) is 5.91 Å². The Balaban J connectivity index is 1.69. The zero-order chi connectivity index (χ0) is 14.4. The minimum Gasteiger partial charge on any atom is -0.269 e. The van der Waals surface area contributed by atoms with Crippen molar-refractivity contribution in [3.8, 4) is 0 Å². The van der Waals surface area contributed by atoms with Gasteiger partial charge in [-0.2, -0.15) is 10.1 Å². The molecule has 2 aliphatic rings. The summed E-state index contributed by atoms with van der Waals surface area (Å²) in [6.07, 6.45) is 0. The molecule has 2 aromatic carbocycles. The lowest BCUT2D eigenvalue weighted by molar-refractivity contribution is -0.118. The van der Waals surface area contributed by atoms with Gasteiger partial charge in [-0.1, -0.05) is 48.5 Å². The van der Waals surface area contributed by atoms with E-state index in [0.717, 1.165) is 22.7 Å². The predicted molar refractivity (Wildman–Crippen MR) is 82.7 cm³/mol. The van der Waals surface area contributed by atoms with Crippen molar-refractivity contribution in [3.63, 3.8) is 0 Å². The highest BCUT2D eigenvalue weighted by Crippen LogP contribution is 2.41. The third-order valence-electron chi connectivity index (χ3n) is 3.90. The van der Waals surface area contributed by atoms with Crippen LogP contribution >= 0.6 is 0 Å². The first kappa shape index (κ1) is 12.0. The lowest BCUT2D eigenvalue weighted by Gasteiger charge is -2.13. The van der Waals surface area contributed by atoms with E-state index in [2.05, 4.69) is 10.1 Å². The molecule has 1 spiro atoms. The molecule has 1 atom stereocenters. The van der Waals surface area contributed by atoms with E-state index >= 15 is 0 Å². The second kappa shape index (κ2) is 4.12. The van der Waals surface area contributed by atoms with Gasteiger partial charge < -0.3 is 0 Å². The lowest BCUT2D eigenvalue weighted by Crippen LogP contribution is -2.39. The van der Waals surface area contributed by atoms with Crippen molar-refractivity contribution in [3.05, 3.63) is 66.2 Å². The molecule has 2 aromatic rings. The second-order valence-electron chi connectivity index (χ2n) is 5.17. The third-order valence-corrected chi connectivity index (χ3v) is 3.90. The van der Waals surface area contributed by atoms with E-state index in [1.54, 1.807) is 0 Å². The largest absolute Gasteiger partial charge is 0.287 e. The Morgan fingerprint density at radius 2 is 1.57 bits per heavy atom. The average molecular weight is 275 g/mol. The van der Waals surface area contributed by atoms with Gasteiger partial charge in [-0.3, -0.25) is 9.79 Å². The first-order valence-electron chi connectivity index (χ1n) is 6.84. The molecule has 0 radical (unpaired) electrons. The SMILES string of the molecule is CC1=NN(c2ccccc2)C(=O)C12N=C2c1ccccc1. The topological polar surface area (TPSA) is 45.0 Å². The number of carbonyl (C=O) groups is 1. The first-order chi connectivity index (χ1) is 10.2. The monoisotopic (exact) mass is 275 g/mol. The number of aliphatic imine (C=N–C) groups is 1. The summed E-state index contributed by atoms with van der Waals surface area (Å²) >= 11 is 0. The molecule has 0 saturated carbocycles. The molecular weight excluding hydrogens is 262 g/mol. The van der Waals surface area contributed by atoms with Crippen LogP contribution in [-0.2, 0) is 4.79 Å². The van der Waals surface area contributed by atoms with Gasteiger partial charge in [-0.15, -0.1) is 0 Å². The van der Waals surface area contributed by atoms with Crippen molar-refractivity contribution in [2.75, 3.05) is 5.01 Å². The number of benzene rings is 2. The average Bonchev–Trinajstić information content (AvgIpc) is 3.25. The van der Waals surface area contributed by atoms with Crippen LogP contribution < -0.4 is 5.01 Å². The Hall–Kier alpha value is -2.75. The highest BCUT2D eigenvalue weighted by molar-refractivity contribution is 6.47. The molecule has 0 bridgehead atoms. The molecule has 1 unspecified atom stereocenters. The number of hydrogen-bond acceptors (Lipinski definition) is 3. The van der Waals surface area contributed by atoms with E-state index in [0.29, 0.717) is 0 Å². The molecule has 2 aliphatic heterocycles. The molecule has 21 heavy (non-hydrogen) atoms. The zero-order valence-corrected chi connectivity index (χ0v) is 11.5. The number of anilines is 1. The molecule has 1 amide bonds. The maximum Gasteiger partial charge on any atom is 0.287 e. The summed E-state index contributed by atoms with van der Waals surface area (Å²) in [4.78, 5) is 17.3. The Morgan fingerprint density at radius 3 is 2.24 bits per heavy atom. The molecular formula is C17H13N3O. The van der Waals surface area contributed by atoms with Gasteiger partial charge in [0.2, 0.25) is 5.54 Å². The first-order valence-corrected chi connectivity index (χ1v) is 6.84. The Kier molecular flexibility index (Phi) is 2.36. The van der Waals surface area contributed by atoms with E-state index in [1.165, 1.54) is 5.01 Å². The smallest absolute Gasteiger partial charge is 0.269 e. The van der Waals surface area contributed by atoms with Gasteiger partial charge in [0.05, 0.1) is 17.1 Å². The minimum atomic E-state index is -0.864. The Bertz CT molecular complexity index is 780. The van der Waals surface area contributed by atoms with Crippen molar-refractivity contribution in [2.45, 2.75) is 12.5 Å². The van der Waals surface area contributed by atoms with Crippen LogP contribution in [0.3, 0.4) is 0 Å². The maximum atomic E-state index is 12.8. The van der Waals surface area contributed by atoms with E-state index in [9.17, 15) is 4.79 Å². The fourth-order valence-corrected chi connectivity index (χ4v) is 2.73. The van der Waals surface area contributed by atoms with E-state index in [1.807, 2.05) is 67.6 Å². The van der Waals surface area contributed by atoms with E-state index in [4.69, 9.17) is 0 Å². The van der Waals surface area contributed by atoms with Crippen LogP contribution in [0.25, 0.3) is 0 Å². The van der Waals surface area contributed by atoms with Crippen molar-refractivity contribution in [2.24, 2.45) is 10.1 Å². The summed E-state index contributed by atoms with van der Waals surface area (Å²) in [7, 11) is 0. The molecule has 4 heteroatoms. The summed E-state index contributed by atoms with van der Waals surface area (Å²) in [6.45, 7) is 1.86. The zero-order valence-electron chi connectivity index (χ0n) is 11.5. The van der Waals surface area contributed by atoms with Gasteiger partial charge in [-0.05, 0) is 24.6 Å². The third kappa shape index (κ3) is 1.59. The van der Waals surface area contributed by atoms with Crippen LogP contribution in [0.15, 0.2) is 70.8 Å². The number of para-hydroxylation sites is 1. The van der Waals surface area contributed by atoms with E-state index < -0.39 is 5.54 Å². The molecule has 4 nitrogen and oxygen atoms in total. The quantitative estimate of drug-likeness (QED) is 0.831. The number of amides is 1. The van der Waals surface area contributed by atoms with Gasteiger partial charge in [0.25, 0.3) is 5.91 Å². The molecule has 0 saturated heterocycles. The van der Waals surface area contributed by atoms with Gasteiger partial charge in [0, 0.05) is 0 Å². The second-order valence-corrected chi connectivity index (χ2v) is 5.17. The number of hydrazone groups is 1. The Morgan fingerprint density at radius 1 is 0.952 bits per heavy atom. The Labute approximate surface area is 122 Å². The molecule has 2 heterocycles. The summed E-state index contributed by atoms with van der Waals surface area (Å²) in [5.74, 6) is -0.0925. The fraction of sp³-hybridized carbons (Fsp3) is 0.118. The molecule has 102 valence electrons. The van der Waals surface area contributed by atoms with Gasteiger partial charge >= 0.3 is 0 Å². The molecule has 4 rings (SSSR count). The number of nitrogens with zero attached hydrogens (tertiary/aromatic N) is 3.